The number of hydrogen-bond donors (Lipinski definition) is 2. The van der Waals surface area contributed by atoms with Crippen molar-refractivity contribution in [2.24, 2.45) is 12.2 Å². The van der Waals surface area contributed by atoms with E-state index in [1.807, 2.05) is 0 Å². The number of nitrogens with one attached hydrogen (secondary N) is 1. The Bertz CT molecular complexity index is 1150. The zero-order chi connectivity index (χ0) is 27.1. The Labute approximate surface area is 232 Å². The number of carboxylic acids is 1. The molecule has 2 atom stereocenters. The van der Waals surface area contributed by atoms with E-state index in [0.717, 1.165) is 31.4 Å². The summed E-state index contributed by atoms with van der Waals surface area (Å²) in [7, 11) is 1.69. The van der Waals surface area contributed by atoms with E-state index in [9.17, 15) is 19.5 Å². The van der Waals surface area contributed by atoms with Crippen LogP contribution in [0, 0.1) is 0 Å². The lowest BCUT2D eigenvalue weighted by atomic mass is 10.0. The molecule has 1 fully saturated rings. The molecule has 3 aliphatic rings. The molecule has 0 bridgehead atoms. The second-order valence-corrected chi connectivity index (χ2v) is 11.6. The van der Waals surface area contributed by atoms with Gasteiger partial charge in [-0.25, -0.2) is 9.48 Å². The third-order valence-corrected chi connectivity index (χ3v) is 9.06. The Morgan fingerprint density at radius 2 is 2.21 bits per heavy atom. The Balaban J connectivity index is 1.43. The van der Waals surface area contributed by atoms with Gasteiger partial charge < -0.3 is 20.0 Å². The number of ether oxygens (including phenoxy) is 1. The summed E-state index contributed by atoms with van der Waals surface area (Å²) < 4.78 is 7.11. The highest BCUT2D eigenvalue weighted by Gasteiger charge is 2.54. The van der Waals surface area contributed by atoms with Crippen LogP contribution in [0.5, 0.6) is 0 Å². The first-order chi connectivity index (χ1) is 18.4. The Kier molecular flexibility index (Phi) is 9.96. The molecule has 2 N–H and O–H groups in total. The average Bonchev–Trinajstić information content (AvgIpc) is 3.34. The lowest BCUT2D eigenvalue weighted by molar-refractivity contribution is -0.150. The molecule has 2 amide bonds. The molecule has 0 radical (unpaired) electrons. The van der Waals surface area contributed by atoms with Gasteiger partial charge in [-0.15, -0.1) is 28.6 Å². The van der Waals surface area contributed by atoms with Gasteiger partial charge in [0, 0.05) is 29.7 Å². The van der Waals surface area contributed by atoms with Crippen molar-refractivity contribution in [3.8, 4) is 0 Å². The van der Waals surface area contributed by atoms with Crippen molar-refractivity contribution in [1.82, 2.24) is 30.4 Å². The molecule has 1 aromatic heterocycles. The number of nitrogens with zero attached hydrogens (tertiary/aromatic N) is 6. The van der Waals surface area contributed by atoms with Crippen LogP contribution >= 0.6 is 35.3 Å². The van der Waals surface area contributed by atoms with Gasteiger partial charge >= 0.3 is 5.97 Å². The maximum Gasteiger partial charge on any atom is 0.352 e. The predicted molar refractivity (Wildman–Crippen MR) is 143 cm³/mol. The van der Waals surface area contributed by atoms with E-state index in [1.54, 1.807) is 12.5 Å². The molecule has 16 heteroatoms. The van der Waals surface area contributed by atoms with Crippen molar-refractivity contribution in [2.45, 2.75) is 49.2 Å². The molecule has 1 aromatic rings. The van der Waals surface area contributed by atoms with E-state index in [1.165, 1.54) is 44.9 Å². The first kappa shape index (κ1) is 28.3. The van der Waals surface area contributed by atoms with Crippen molar-refractivity contribution in [2.75, 3.05) is 30.5 Å². The van der Waals surface area contributed by atoms with Crippen LogP contribution in [0.25, 0.3) is 0 Å². The van der Waals surface area contributed by atoms with Crippen molar-refractivity contribution in [3.63, 3.8) is 0 Å². The van der Waals surface area contributed by atoms with E-state index < -0.39 is 29.2 Å². The number of aryl methyl sites for hydroxylation is 1. The minimum Gasteiger partial charge on any atom is -0.490 e. The summed E-state index contributed by atoms with van der Waals surface area (Å²) >= 11 is 4.17. The summed E-state index contributed by atoms with van der Waals surface area (Å²) in [6, 6.07) is -0.898. The number of unbranched alkanes of at least 4 members (excludes halogenated alkanes) is 3. The van der Waals surface area contributed by atoms with E-state index >= 15 is 0 Å². The van der Waals surface area contributed by atoms with Crippen LogP contribution in [0.4, 0.5) is 0 Å². The number of carboxylic acid groups (broad SMARTS) is 1. The highest BCUT2D eigenvalue weighted by molar-refractivity contribution is 8.02. The van der Waals surface area contributed by atoms with Gasteiger partial charge in [-0.1, -0.05) is 36.7 Å². The quantitative estimate of drug-likeness (QED) is 0.114. The minimum atomic E-state index is -1.20. The topological polar surface area (TPSA) is 161 Å². The molecule has 0 spiro atoms. The van der Waals surface area contributed by atoms with E-state index in [-0.39, 0.29) is 17.2 Å². The maximum atomic E-state index is 13.2. The van der Waals surface area contributed by atoms with Crippen molar-refractivity contribution in [3.05, 3.63) is 22.4 Å². The summed E-state index contributed by atoms with van der Waals surface area (Å²) in [5, 5.41) is 29.6. The molecule has 1 unspecified atom stereocenters. The van der Waals surface area contributed by atoms with Gasteiger partial charge in [0.05, 0.1) is 6.61 Å². The molecule has 0 aliphatic carbocycles. The zero-order valence-corrected chi connectivity index (χ0v) is 23.4. The summed E-state index contributed by atoms with van der Waals surface area (Å²) in [5.74, 6) is -0.568. The number of thioether (sulfide) groups is 3. The second kappa shape index (κ2) is 13.4. The highest BCUT2D eigenvalue weighted by atomic mass is 32.2. The van der Waals surface area contributed by atoms with Gasteiger partial charge in [0.1, 0.15) is 23.7 Å². The Morgan fingerprint density at radius 1 is 1.37 bits per heavy atom. The van der Waals surface area contributed by atoms with Gasteiger partial charge in [-0.05, 0) is 28.8 Å². The lowest BCUT2D eigenvalue weighted by Gasteiger charge is -2.49. The minimum absolute atomic E-state index is 0.0388. The van der Waals surface area contributed by atoms with Crippen LogP contribution in [0.1, 0.15) is 32.6 Å². The van der Waals surface area contributed by atoms with Crippen LogP contribution < -0.4 is 5.32 Å². The van der Waals surface area contributed by atoms with Crippen LogP contribution in [-0.4, -0.2) is 95.6 Å². The number of amides is 2. The number of rotatable bonds is 13. The van der Waals surface area contributed by atoms with Gasteiger partial charge in [-0.2, -0.15) is 0 Å². The largest absolute Gasteiger partial charge is 0.490 e. The molecule has 13 nitrogen and oxygen atoms in total. The van der Waals surface area contributed by atoms with E-state index in [4.69, 9.17) is 9.57 Å². The third kappa shape index (κ3) is 6.46. The summed E-state index contributed by atoms with van der Waals surface area (Å²) in [6.45, 7) is 2.90. The number of carbonyl (C=O) groups is 3. The first-order valence-corrected chi connectivity index (χ1v) is 15.2. The normalized spacial score (nSPS) is 21.3. The fourth-order valence-corrected chi connectivity index (χ4v) is 6.86. The van der Waals surface area contributed by atoms with Crippen LogP contribution in [0.3, 0.4) is 0 Å². The summed E-state index contributed by atoms with van der Waals surface area (Å²) in [6.07, 6.45) is 4.00. The van der Waals surface area contributed by atoms with Crippen molar-refractivity contribution < 1.29 is 29.1 Å². The number of tetrazole rings is 1. The standard InChI is InChI=1S/C22H29N7O6S3/c1-3-4-5-6-7-35-25-15(14-12-36-9-8-34-14)18(30)23-16-19(31)29-17(21(32)33)13(10-37-20(16)29)11-38-22-24-26-27-28(22)2/h12,16,20H,3-11H2,1-2H3,(H,23,30)(H,32,33)/t16?,20-/m1/s1. The number of aromatic nitrogens is 4. The molecule has 206 valence electrons. The van der Waals surface area contributed by atoms with Gasteiger partial charge in [0.2, 0.25) is 10.9 Å². The smallest absolute Gasteiger partial charge is 0.352 e. The number of β-lactam (4-membered cyclic amide) rings is 1. The maximum absolute atomic E-state index is 13.2. The monoisotopic (exact) mass is 583 g/mol. The molecular formula is C22H29N7O6S3. The Hall–Kier alpha value is -2.72. The predicted octanol–water partition coefficient (Wildman–Crippen LogP) is 1.60. The van der Waals surface area contributed by atoms with E-state index in [2.05, 4.69) is 32.9 Å². The second-order valence-electron chi connectivity index (χ2n) is 8.53. The molecule has 0 saturated carbocycles. The van der Waals surface area contributed by atoms with Gasteiger partial charge in [-0.3, -0.25) is 14.5 Å². The number of fused-ring (bicyclic) bond motifs is 1. The first-order valence-electron chi connectivity index (χ1n) is 12.1. The van der Waals surface area contributed by atoms with Gasteiger partial charge in [0.15, 0.2) is 5.76 Å². The van der Waals surface area contributed by atoms with Crippen LogP contribution in [-0.2, 0) is 31.0 Å². The average molecular weight is 584 g/mol. The zero-order valence-electron chi connectivity index (χ0n) is 21.0. The summed E-state index contributed by atoms with van der Waals surface area (Å²) in [5.41, 5.74) is 0.482. The number of aliphatic carboxylic acids is 1. The molecular weight excluding hydrogens is 554 g/mol. The van der Waals surface area contributed by atoms with Crippen molar-refractivity contribution >= 4 is 58.8 Å². The molecule has 0 aromatic carbocycles. The Morgan fingerprint density at radius 3 is 2.89 bits per heavy atom. The molecule has 38 heavy (non-hydrogen) atoms. The molecule has 4 rings (SSSR count). The third-order valence-electron chi connectivity index (χ3n) is 5.84. The SMILES string of the molecule is CCCCCCON=C(C(=O)NC1C(=O)N2C(C(=O)O)=C(CSc3nnnn3C)CS[C@H]12)C1=CSCCO1. The fraction of sp³-hybridized carbons (Fsp3) is 0.591. The molecule has 1 saturated heterocycles. The van der Waals surface area contributed by atoms with E-state index in [0.29, 0.717) is 35.4 Å². The number of carbonyl (C=O) groups excluding carboxylic acids is 2. The van der Waals surface area contributed by atoms with Gasteiger partial charge in [0.25, 0.3) is 11.8 Å². The molecule has 4 heterocycles. The lowest BCUT2D eigenvalue weighted by Crippen LogP contribution is -2.71. The summed E-state index contributed by atoms with van der Waals surface area (Å²) in [4.78, 5) is 45.0. The van der Waals surface area contributed by atoms with Crippen molar-refractivity contribution in [1.29, 1.82) is 0 Å². The van der Waals surface area contributed by atoms with Crippen LogP contribution in [0.15, 0.2) is 32.7 Å². The number of oxime groups is 1. The highest BCUT2D eigenvalue weighted by Crippen LogP contribution is 2.41. The fourth-order valence-electron chi connectivity index (χ4n) is 3.89. The van der Waals surface area contributed by atoms with Crippen LogP contribution in [0.2, 0.25) is 0 Å². The number of hydrogen-bond acceptors (Lipinski definition) is 12. The molecule has 3 aliphatic heterocycles.